The summed E-state index contributed by atoms with van der Waals surface area (Å²) in [5.41, 5.74) is 1.39. The summed E-state index contributed by atoms with van der Waals surface area (Å²) in [6.45, 7) is -1.89. The molecular formula is C21H20F2N4O3S. The van der Waals surface area contributed by atoms with Crippen molar-refractivity contribution < 1.29 is 18.3 Å². The summed E-state index contributed by atoms with van der Waals surface area (Å²) < 4.78 is 38.0. The molecule has 7 nitrogen and oxygen atoms in total. The number of benzene rings is 2. The average molecular weight is 446 g/mol. The van der Waals surface area contributed by atoms with E-state index in [0.717, 1.165) is 5.56 Å². The molecule has 0 fully saturated rings. The number of halogens is 2. The van der Waals surface area contributed by atoms with Crippen LogP contribution in [0.5, 0.6) is 5.75 Å². The molecule has 10 heteroatoms. The number of aromatic nitrogens is 4. The van der Waals surface area contributed by atoms with Crippen molar-refractivity contribution in [3.05, 3.63) is 64.4 Å². The van der Waals surface area contributed by atoms with Crippen molar-refractivity contribution in [1.29, 1.82) is 0 Å². The van der Waals surface area contributed by atoms with E-state index in [1.165, 1.54) is 17.8 Å². The summed E-state index contributed by atoms with van der Waals surface area (Å²) in [4.78, 5) is 13.0. The Bertz CT molecular complexity index is 1260. The van der Waals surface area contributed by atoms with E-state index in [4.69, 9.17) is 4.74 Å². The average Bonchev–Trinajstić information content (AvgIpc) is 3.18. The van der Waals surface area contributed by atoms with Gasteiger partial charge in [-0.15, -0.1) is 10.2 Å². The minimum absolute atomic E-state index is 0.108. The third-order valence-electron chi connectivity index (χ3n) is 4.70. The van der Waals surface area contributed by atoms with Gasteiger partial charge in [-0.05, 0) is 36.2 Å². The Kier molecular flexibility index (Phi) is 6.47. The van der Waals surface area contributed by atoms with Crippen molar-refractivity contribution in [1.82, 2.24) is 19.2 Å². The van der Waals surface area contributed by atoms with Crippen molar-refractivity contribution in [3.8, 4) is 5.75 Å². The summed E-state index contributed by atoms with van der Waals surface area (Å²) in [6.07, 6.45) is 0.663. The largest absolute Gasteiger partial charge is 0.435 e. The quantitative estimate of drug-likeness (QED) is 0.286. The van der Waals surface area contributed by atoms with E-state index in [1.807, 2.05) is 28.7 Å². The van der Waals surface area contributed by atoms with Gasteiger partial charge in [0.2, 0.25) is 5.78 Å². The fourth-order valence-electron chi connectivity index (χ4n) is 3.35. The highest BCUT2D eigenvalue weighted by atomic mass is 32.2. The van der Waals surface area contributed by atoms with Crippen LogP contribution in [0.2, 0.25) is 0 Å². The second-order valence-corrected chi connectivity index (χ2v) is 7.70. The number of hydrogen-bond donors (Lipinski definition) is 0. The van der Waals surface area contributed by atoms with Gasteiger partial charge in [0, 0.05) is 26.0 Å². The van der Waals surface area contributed by atoms with Gasteiger partial charge in [-0.1, -0.05) is 36.0 Å². The number of ether oxygens (including phenoxy) is 2. The van der Waals surface area contributed by atoms with Crippen LogP contribution in [0.15, 0.2) is 58.5 Å². The highest BCUT2D eigenvalue weighted by molar-refractivity contribution is 7.98. The third-order valence-corrected chi connectivity index (χ3v) is 5.70. The Balaban J connectivity index is 1.70. The lowest BCUT2D eigenvalue weighted by atomic mass is 10.2. The number of nitrogens with zero attached hydrogens (tertiary/aromatic N) is 4. The van der Waals surface area contributed by atoms with Gasteiger partial charge in [-0.2, -0.15) is 8.78 Å². The smallest absolute Gasteiger partial charge is 0.387 e. The van der Waals surface area contributed by atoms with E-state index in [-0.39, 0.29) is 11.3 Å². The maximum Gasteiger partial charge on any atom is 0.387 e. The molecule has 4 rings (SSSR count). The molecule has 0 aliphatic carbocycles. The summed E-state index contributed by atoms with van der Waals surface area (Å²) in [6, 6.07) is 13.9. The fraction of sp³-hybridized carbons (Fsp3) is 0.286. The van der Waals surface area contributed by atoms with Gasteiger partial charge >= 0.3 is 6.61 Å². The monoisotopic (exact) mass is 446 g/mol. The lowest BCUT2D eigenvalue weighted by molar-refractivity contribution is -0.0498. The van der Waals surface area contributed by atoms with Crippen LogP contribution in [0.1, 0.15) is 12.0 Å². The number of rotatable bonds is 9. The molecule has 2 aromatic heterocycles. The Labute approximate surface area is 180 Å². The van der Waals surface area contributed by atoms with Gasteiger partial charge < -0.3 is 9.47 Å². The summed E-state index contributed by atoms with van der Waals surface area (Å²) in [5, 5.41) is 9.74. The Morgan fingerprint density at radius 1 is 1.13 bits per heavy atom. The van der Waals surface area contributed by atoms with Gasteiger partial charge in [0.05, 0.1) is 10.9 Å². The summed E-state index contributed by atoms with van der Waals surface area (Å²) >= 11 is 1.40. The number of thioether (sulfide) groups is 1. The first kappa shape index (κ1) is 21.3. The van der Waals surface area contributed by atoms with Gasteiger partial charge in [0.15, 0.2) is 5.16 Å². The number of methoxy groups -OCH3 is 1. The van der Waals surface area contributed by atoms with Crippen molar-refractivity contribution in [2.45, 2.75) is 30.5 Å². The summed E-state index contributed by atoms with van der Waals surface area (Å²) in [5.74, 6) is 1.03. The van der Waals surface area contributed by atoms with Crippen LogP contribution in [-0.4, -0.2) is 39.5 Å². The van der Waals surface area contributed by atoms with E-state index < -0.39 is 6.61 Å². The van der Waals surface area contributed by atoms with Crippen LogP contribution in [0, 0.1) is 0 Å². The first-order chi connectivity index (χ1) is 15.1. The molecule has 31 heavy (non-hydrogen) atoms. The zero-order valence-electron chi connectivity index (χ0n) is 16.7. The Morgan fingerprint density at radius 3 is 2.77 bits per heavy atom. The molecule has 0 saturated carbocycles. The van der Waals surface area contributed by atoms with Crippen LogP contribution in [0.25, 0.3) is 16.7 Å². The van der Waals surface area contributed by atoms with E-state index in [9.17, 15) is 13.6 Å². The van der Waals surface area contributed by atoms with E-state index in [2.05, 4.69) is 14.9 Å². The predicted octanol–water partition coefficient (Wildman–Crippen LogP) is 3.97. The van der Waals surface area contributed by atoms with E-state index >= 15 is 0 Å². The molecule has 4 aromatic rings. The van der Waals surface area contributed by atoms with Crippen molar-refractivity contribution >= 4 is 28.4 Å². The second-order valence-electron chi connectivity index (χ2n) is 6.75. The van der Waals surface area contributed by atoms with Crippen molar-refractivity contribution in [3.63, 3.8) is 0 Å². The normalized spacial score (nSPS) is 11.6. The molecule has 0 N–H and O–H groups in total. The predicted molar refractivity (Wildman–Crippen MR) is 114 cm³/mol. The second kappa shape index (κ2) is 9.44. The first-order valence-corrected chi connectivity index (χ1v) is 10.6. The van der Waals surface area contributed by atoms with E-state index in [1.54, 1.807) is 29.9 Å². The standard InChI is InChI=1S/C21H20F2N4O3S/c1-29-11-5-10-26-18(28)16-8-2-3-9-17(16)27-20(26)24-25-21(27)31-13-14-6-4-7-15(12-14)30-19(22)23/h2-4,6-9,12,19H,5,10-11,13H2,1H3. The van der Waals surface area contributed by atoms with Crippen molar-refractivity contribution in [2.24, 2.45) is 0 Å². The number of para-hydroxylation sites is 1. The molecule has 0 aliphatic heterocycles. The molecule has 0 atom stereocenters. The molecule has 0 bridgehead atoms. The lowest BCUT2D eigenvalue weighted by Gasteiger charge is -2.11. The number of fused-ring (bicyclic) bond motifs is 3. The first-order valence-electron chi connectivity index (χ1n) is 9.60. The highest BCUT2D eigenvalue weighted by Crippen LogP contribution is 2.26. The topological polar surface area (TPSA) is 70.7 Å². The minimum atomic E-state index is -2.87. The van der Waals surface area contributed by atoms with Crippen LogP contribution in [0.4, 0.5) is 8.78 Å². The molecule has 2 heterocycles. The van der Waals surface area contributed by atoms with Crippen LogP contribution < -0.4 is 10.3 Å². The van der Waals surface area contributed by atoms with Crippen LogP contribution >= 0.6 is 11.8 Å². The maximum atomic E-state index is 13.0. The number of alkyl halides is 2. The number of hydrogen-bond acceptors (Lipinski definition) is 6. The molecule has 2 aromatic carbocycles. The third kappa shape index (κ3) is 4.54. The van der Waals surface area contributed by atoms with Gasteiger partial charge in [0.25, 0.3) is 5.56 Å². The van der Waals surface area contributed by atoms with Crippen molar-refractivity contribution in [2.75, 3.05) is 13.7 Å². The zero-order valence-corrected chi connectivity index (χ0v) is 17.5. The molecular weight excluding hydrogens is 426 g/mol. The molecule has 0 saturated heterocycles. The molecule has 0 amide bonds. The minimum Gasteiger partial charge on any atom is -0.435 e. The van der Waals surface area contributed by atoms with E-state index in [0.29, 0.717) is 47.2 Å². The lowest BCUT2D eigenvalue weighted by Crippen LogP contribution is -2.24. The van der Waals surface area contributed by atoms with Gasteiger partial charge in [-0.25, -0.2) is 0 Å². The van der Waals surface area contributed by atoms with Crippen LogP contribution in [0.3, 0.4) is 0 Å². The van der Waals surface area contributed by atoms with Gasteiger partial charge in [0.1, 0.15) is 5.75 Å². The Hall–Kier alpha value is -2.98. The summed E-state index contributed by atoms with van der Waals surface area (Å²) in [7, 11) is 1.62. The van der Waals surface area contributed by atoms with Crippen LogP contribution in [-0.2, 0) is 17.0 Å². The fourth-order valence-corrected chi connectivity index (χ4v) is 4.24. The number of aryl methyl sites for hydroxylation is 1. The highest BCUT2D eigenvalue weighted by Gasteiger charge is 2.17. The molecule has 0 aliphatic rings. The molecule has 162 valence electrons. The molecule has 0 spiro atoms. The zero-order chi connectivity index (χ0) is 21.8. The molecule has 0 unspecified atom stereocenters. The maximum absolute atomic E-state index is 13.0. The SMILES string of the molecule is COCCCn1c(=O)c2ccccc2n2c(SCc3cccc(OC(F)F)c3)nnc12. The van der Waals surface area contributed by atoms with Gasteiger partial charge in [-0.3, -0.25) is 13.8 Å². The Morgan fingerprint density at radius 2 is 1.97 bits per heavy atom. The molecule has 0 radical (unpaired) electrons.